The van der Waals surface area contributed by atoms with Crippen LogP contribution >= 0.6 is 0 Å². The first-order chi connectivity index (χ1) is 5.25. The molecule has 4 heteroatoms. The lowest BCUT2D eigenvalue weighted by Gasteiger charge is -1.87. The normalized spacial score (nSPS) is 10.6. The highest BCUT2D eigenvalue weighted by atomic mass is 15.4. The predicted octanol–water partition coefficient (Wildman–Crippen LogP) is -0.238. The summed E-state index contributed by atoms with van der Waals surface area (Å²) in [5.41, 5.74) is 2.44. The number of hydrogen-bond acceptors (Lipinski definition) is 2. The molecule has 0 N–H and O–H groups in total. The summed E-state index contributed by atoms with van der Waals surface area (Å²) < 4.78 is 0. The van der Waals surface area contributed by atoms with E-state index in [0.29, 0.717) is 0 Å². The Morgan fingerprint density at radius 3 is 2.82 bits per heavy atom. The molecule has 1 heterocycles. The molecule has 0 aliphatic rings. The molecule has 2 aromatic rings. The van der Waals surface area contributed by atoms with E-state index in [-0.39, 0.29) is 0 Å². The van der Waals surface area contributed by atoms with Gasteiger partial charge in [-0.25, -0.2) is 0 Å². The quantitative estimate of drug-likeness (QED) is 0.476. The highest BCUT2D eigenvalue weighted by molar-refractivity contribution is 6.33. The van der Waals surface area contributed by atoms with E-state index in [1.54, 1.807) is 7.05 Å². The molecule has 11 heavy (non-hydrogen) atoms. The summed E-state index contributed by atoms with van der Waals surface area (Å²) in [6.45, 7) is 0. The third-order valence-electron chi connectivity index (χ3n) is 1.50. The third-order valence-corrected chi connectivity index (χ3v) is 1.50. The summed E-state index contributed by atoms with van der Waals surface area (Å²) >= 11 is 0. The zero-order chi connectivity index (χ0) is 7.84. The van der Waals surface area contributed by atoms with Crippen molar-refractivity contribution in [3.63, 3.8) is 0 Å². The van der Waals surface area contributed by atoms with Gasteiger partial charge in [0.2, 0.25) is 0 Å². The Morgan fingerprint density at radius 2 is 2.00 bits per heavy atom. The molecule has 0 atom stereocenters. The summed E-state index contributed by atoms with van der Waals surface area (Å²) in [5.74, 6) is 0. The minimum Gasteiger partial charge on any atom is -0.187 e. The van der Waals surface area contributed by atoms with Crippen LogP contribution in [-0.2, 0) is 7.05 Å². The number of benzene rings is 1. The summed E-state index contributed by atoms with van der Waals surface area (Å²) in [6, 6.07) is 5.48. The van der Waals surface area contributed by atoms with Crippen molar-refractivity contribution >= 4 is 24.3 Å². The fourth-order valence-electron chi connectivity index (χ4n) is 1.04. The van der Waals surface area contributed by atoms with Crippen LogP contribution in [0.3, 0.4) is 0 Å². The third kappa shape index (κ3) is 1.00. The van der Waals surface area contributed by atoms with E-state index >= 15 is 0 Å². The highest BCUT2D eigenvalue weighted by Gasteiger charge is 1.97. The molecule has 1 aromatic heterocycles. The summed E-state index contributed by atoms with van der Waals surface area (Å²) in [7, 11) is 7.34. The molecule has 0 fully saturated rings. The van der Waals surface area contributed by atoms with Gasteiger partial charge < -0.3 is 0 Å². The van der Waals surface area contributed by atoms with Gasteiger partial charge in [0.05, 0.1) is 0 Å². The van der Waals surface area contributed by atoms with Gasteiger partial charge in [0.1, 0.15) is 18.9 Å². The van der Waals surface area contributed by atoms with Gasteiger partial charge in [0.25, 0.3) is 0 Å². The first kappa shape index (κ1) is 6.40. The van der Waals surface area contributed by atoms with Crippen molar-refractivity contribution in [2.75, 3.05) is 0 Å². The van der Waals surface area contributed by atoms with Crippen LogP contribution < -0.4 is 5.46 Å². The number of hydrogen-bond donors (Lipinski definition) is 0. The van der Waals surface area contributed by atoms with Crippen LogP contribution in [0.25, 0.3) is 11.0 Å². The number of aromatic nitrogens is 3. The minimum absolute atomic E-state index is 0.720. The van der Waals surface area contributed by atoms with Crippen molar-refractivity contribution < 1.29 is 0 Å². The van der Waals surface area contributed by atoms with Gasteiger partial charge in [0.15, 0.2) is 0 Å². The molecule has 2 radical (unpaired) electrons. The van der Waals surface area contributed by atoms with Crippen molar-refractivity contribution in [3.8, 4) is 0 Å². The fourth-order valence-corrected chi connectivity index (χ4v) is 1.04. The first-order valence-electron chi connectivity index (χ1n) is 3.32. The summed E-state index contributed by atoms with van der Waals surface area (Å²) in [4.78, 5) is 1.53. The van der Waals surface area contributed by atoms with Crippen molar-refractivity contribution in [1.29, 1.82) is 0 Å². The van der Waals surface area contributed by atoms with Crippen molar-refractivity contribution in [2.24, 2.45) is 7.05 Å². The van der Waals surface area contributed by atoms with Crippen LogP contribution in [0.1, 0.15) is 0 Å². The molecule has 0 aliphatic heterocycles. The molecule has 0 saturated carbocycles. The standard InChI is InChI=1S/C7H6BN3/c1-11-9-6-3-2-5(8)4-7(6)10-11/h2-4H,1H3. The van der Waals surface area contributed by atoms with Crippen LogP contribution in [0.2, 0.25) is 0 Å². The van der Waals surface area contributed by atoms with Crippen LogP contribution in [0, 0.1) is 0 Å². The molecule has 0 saturated heterocycles. The second-order valence-electron chi connectivity index (χ2n) is 2.44. The molecular weight excluding hydrogens is 137 g/mol. The van der Waals surface area contributed by atoms with Crippen molar-refractivity contribution in [3.05, 3.63) is 18.2 Å². The number of aryl methyl sites for hydroxylation is 1. The molecule has 1 aromatic carbocycles. The van der Waals surface area contributed by atoms with Crippen LogP contribution in [0.15, 0.2) is 18.2 Å². The zero-order valence-corrected chi connectivity index (χ0v) is 6.15. The molecule has 52 valence electrons. The average Bonchev–Trinajstić information content (AvgIpc) is 2.27. The Labute approximate surface area is 65.4 Å². The van der Waals surface area contributed by atoms with Crippen LogP contribution in [0.4, 0.5) is 0 Å². The minimum atomic E-state index is 0.720. The van der Waals surface area contributed by atoms with E-state index < -0.39 is 0 Å². The number of nitrogens with zero attached hydrogens (tertiary/aromatic N) is 3. The Bertz CT molecular complexity index is 393. The SMILES string of the molecule is [B]c1ccc2nn(C)nc2c1. The molecule has 0 amide bonds. The van der Waals surface area contributed by atoms with E-state index in [1.165, 1.54) is 4.80 Å². The molecule has 3 nitrogen and oxygen atoms in total. The number of rotatable bonds is 0. The van der Waals surface area contributed by atoms with Crippen LogP contribution in [-0.4, -0.2) is 22.8 Å². The Hall–Kier alpha value is -1.32. The van der Waals surface area contributed by atoms with E-state index in [0.717, 1.165) is 16.5 Å². The average molecular weight is 143 g/mol. The Balaban J connectivity index is 2.82. The topological polar surface area (TPSA) is 30.7 Å². The Morgan fingerprint density at radius 1 is 1.27 bits per heavy atom. The monoisotopic (exact) mass is 143 g/mol. The molecule has 0 unspecified atom stereocenters. The maximum Gasteiger partial charge on any atom is 0.113 e. The molecular formula is C7H6BN3. The molecule has 0 spiro atoms. The van der Waals surface area contributed by atoms with Gasteiger partial charge in [0, 0.05) is 7.05 Å². The van der Waals surface area contributed by atoms with Gasteiger partial charge >= 0.3 is 0 Å². The predicted molar refractivity (Wildman–Crippen MR) is 43.9 cm³/mol. The highest BCUT2D eigenvalue weighted by Crippen LogP contribution is 2.03. The fraction of sp³-hybridized carbons (Fsp3) is 0.143. The van der Waals surface area contributed by atoms with Gasteiger partial charge in [-0.1, -0.05) is 11.5 Å². The van der Waals surface area contributed by atoms with Gasteiger partial charge in [-0.2, -0.15) is 15.0 Å². The maximum absolute atomic E-state index is 5.56. The van der Waals surface area contributed by atoms with Gasteiger partial charge in [-0.15, -0.1) is 0 Å². The summed E-state index contributed by atoms with van der Waals surface area (Å²) in [6.07, 6.45) is 0. The summed E-state index contributed by atoms with van der Waals surface area (Å²) in [5, 5.41) is 8.20. The Kier molecular flexibility index (Phi) is 1.21. The van der Waals surface area contributed by atoms with Gasteiger partial charge in [-0.05, 0) is 12.1 Å². The van der Waals surface area contributed by atoms with Crippen LogP contribution in [0.5, 0.6) is 0 Å². The molecule has 0 aliphatic carbocycles. The number of fused-ring (bicyclic) bond motifs is 1. The largest absolute Gasteiger partial charge is 0.187 e. The van der Waals surface area contributed by atoms with Gasteiger partial charge in [-0.3, -0.25) is 0 Å². The lowest BCUT2D eigenvalue weighted by atomic mass is 9.96. The lowest BCUT2D eigenvalue weighted by molar-refractivity contribution is 0.665. The zero-order valence-electron chi connectivity index (χ0n) is 6.15. The van der Waals surface area contributed by atoms with Crippen molar-refractivity contribution in [2.45, 2.75) is 0 Å². The second kappa shape index (κ2) is 2.08. The molecule has 2 rings (SSSR count). The first-order valence-corrected chi connectivity index (χ1v) is 3.32. The van der Waals surface area contributed by atoms with E-state index in [4.69, 9.17) is 7.85 Å². The smallest absolute Gasteiger partial charge is 0.113 e. The maximum atomic E-state index is 5.56. The van der Waals surface area contributed by atoms with E-state index in [2.05, 4.69) is 10.2 Å². The second-order valence-corrected chi connectivity index (χ2v) is 2.44. The van der Waals surface area contributed by atoms with E-state index in [9.17, 15) is 0 Å². The molecule has 0 bridgehead atoms. The lowest BCUT2D eigenvalue weighted by Crippen LogP contribution is -1.99. The van der Waals surface area contributed by atoms with Crippen molar-refractivity contribution in [1.82, 2.24) is 15.0 Å². The van der Waals surface area contributed by atoms with E-state index in [1.807, 2.05) is 18.2 Å².